The number of rotatable bonds is 5. The highest BCUT2D eigenvalue weighted by Crippen LogP contribution is 2.28. The van der Waals surface area contributed by atoms with Crippen LogP contribution in [-0.4, -0.2) is 19.9 Å². The molecule has 0 aromatic heterocycles. The highest BCUT2D eigenvalue weighted by Gasteiger charge is 2.24. The monoisotopic (exact) mass is 338 g/mol. The summed E-state index contributed by atoms with van der Waals surface area (Å²) in [4.78, 5) is 8.99. The number of non-ortho nitro benzene ring substituents is 1. The Balaban J connectivity index is 3.39. The van der Waals surface area contributed by atoms with Gasteiger partial charge < -0.3 is 0 Å². The van der Waals surface area contributed by atoms with Gasteiger partial charge in [-0.2, -0.15) is 0 Å². The van der Waals surface area contributed by atoms with E-state index in [-0.39, 0.29) is 11.0 Å². The molecule has 0 radical (unpaired) electrons. The van der Waals surface area contributed by atoms with Crippen LogP contribution in [0.15, 0.2) is 34.2 Å². The zero-order valence-electron chi connectivity index (χ0n) is 8.89. The zero-order chi connectivity index (χ0) is 13.9. The van der Waals surface area contributed by atoms with Crippen molar-refractivity contribution in [2.45, 2.75) is 4.90 Å². The molecule has 0 bridgehead atoms. The Morgan fingerprint density at radius 2 is 2.17 bits per heavy atom. The van der Waals surface area contributed by atoms with E-state index < -0.39 is 31.3 Å². The predicted molar refractivity (Wildman–Crippen MR) is 66.1 cm³/mol. The molecule has 0 heterocycles. The van der Waals surface area contributed by atoms with Gasteiger partial charge in [-0.25, -0.2) is 17.5 Å². The molecule has 0 fully saturated rings. The fourth-order valence-electron chi connectivity index (χ4n) is 1.10. The number of hydrogen-bond donors (Lipinski definition) is 1. The van der Waals surface area contributed by atoms with E-state index >= 15 is 0 Å². The maximum atomic E-state index is 13.7. The van der Waals surface area contributed by atoms with Crippen molar-refractivity contribution in [3.8, 4) is 0 Å². The molecule has 1 aromatic carbocycles. The summed E-state index contributed by atoms with van der Waals surface area (Å²) in [6.07, 6.45) is 1.27. The average Bonchev–Trinajstić information content (AvgIpc) is 2.29. The first-order chi connectivity index (χ1) is 8.29. The van der Waals surface area contributed by atoms with E-state index in [2.05, 4.69) is 22.5 Å². The minimum Gasteiger partial charge on any atom is -0.258 e. The van der Waals surface area contributed by atoms with Crippen LogP contribution in [0.2, 0.25) is 0 Å². The lowest BCUT2D eigenvalue weighted by Crippen LogP contribution is -2.24. The van der Waals surface area contributed by atoms with Crippen molar-refractivity contribution in [1.29, 1.82) is 0 Å². The molecule has 0 atom stereocenters. The van der Waals surface area contributed by atoms with E-state index in [0.29, 0.717) is 6.07 Å². The summed E-state index contributed by atoms with van der Waals surface area (Å²) in [6.45, 7) is 3.20. The van der Waals surface area contributed by atoms with Gasteiger partial charge in [0.05, 0.1) is 9.40 Å². The third-order valence-electron chi connectivity index (χ3n) is 1.90. The van der Waals surface area contributed by atoms with Gasteiger partial charge in [-0.1, -0.05) is 6.08 Å². The molecule has 1 aromatic rings. The van der Waals surface area contributed by atoms with E-state index in [0.717, 1.165) is 6.07 Å². The third kappa shape index (κ3) is 3.12. The fraction of sp³-hybridized carbons (Fsp3) is 0.111. The van der Waals surface area contributed by atoms with Gasteiger partial charge in [0.25, 0.3) is 5.69 Å². The quantitative estimate of drug-likeness (QED) is 0.504. The molecule has 0 amide bonds. The predicted octanol–water partition coefficient (Wildman–Crippen LogP) is 1.96. The number of nitrogens with one attached hydrogen (secondary N) is 1. The van der Waals surface area contributed by atoms with Gasteiger partial charge in [-0.3, -0.25) is 10.1 Å². The van der Waals surface area contributed by atoms with Crippen LogP contribution in [0.1, 0.15) is 0 Å². The second kappa shape index (κ2) is 5.55. The summed E-state index contributed by atoms with van der Waals surface area (Å²) >= 11 is 2.73. The van der Waals surface area contributed by atoms with Crippen molar-refractivity contribution in [1.82, 2.24) is 4.72 Å². The highest BCUT2D eigenvalue weighted by atomic mass is 79.9. The minimum atomic E-state index is -4.16. The van der Waals surface area contributed by atoms with Crippen LogP contribution in [0.5, 0.6) is 0 Å². The smallest absolute Gasteiger partial charge is 0.258 e. The number of benzene rings is 1. The van der Waals surface area contributed by atoms with E-state index in [9.17, 15) is 22.9 Å². The van der Waals surface area contributed by atoms with Crippen LogP contribution < -0.4 is 4.72 Å². The maximum Gasteiger partial charge on any atom is 0.272 e. The van der Waals surface area contributed by atoms with Crippen LogP contribution in [-0.2, 0) is 10.0 Å². The van der Waals surface area contributed by atoms with Crippen molar-refractivity contribution in [2.75, 3.05) is 6.54 Å². The molecular weight excluding hydrogens is 331 g/mol. The molecule has 0 spiro atoms. The summed E-state index contributed by atoms with van der Waals surface area (Å²) in [5.41, 5.74) is -0.526. The third-order valence-corrected chi connectivity index (χ3v) is 3.90. The number of nitro groups is 1. The number of hydrogen-bond acceptors (Lipinski definition) is 4. The van der Waals surface area contributed by atoms with Gasteiger partial charge in [-0.05, 0) is 15.9 Å². The largest absolute Gasteiger partial charge is 0.272 e. The Hall–Kier alpha value is -1.32. The van der Waals surface area contributed by atoms with Crippen LogP contribution in [0.4, 0.5) is 10.1 Å². The van der Waals surface area contributed by atoms with Gasteiger partial charge in [0, 0.05) is 18.7 Å². The lowest BCUT2D eigenvalue weighted by Gasteiger charge is -2.07. The molecule has 0 unspecified atom stereocenters. The maximum absolute atomic E-state index is 13.7. The standard InChI is InChI=1S/C9H8BrFN2O4S/c1-2-3-12-18(16,17)8-5-6(13(14)15)4-7(10)9(8)11/h2,4-5,12H,1,3H2. The van der Waals surface area contributed by atoms with Crippen molar-refractivity contribution in [3.63, 3.8) is 0 Å². The van der Waals surface area contributed by atoms with Crippen LogP contribution in [0.25, 0.3) is 0 Å². The number of nitro benzene ring substituents is 1. The van der Waals surface area contributed by atoms with Crippen molar-refractivity contribution in [2.24, 2.45) is 0 Å². The molecule has 18 heavy (non-hydrogen) atoms. The summed E-state index contributed by atoms with van der Waals surface area (Å²) in [5.74, 6) is -1.09. The average molecular weight is 339 g/mol. The Kier molecular flexibility index (Phi) is 4.54. The Morgan fingerprint density at radius 3 is 2.67 bits per heavy atom. The molecule has 0 saturated heterocycles. The fourth-order valence-corrected chi connectivity index (χ4v) is 2.79. The minimum absolute atomic E-state index is 0.109. The van der Waals surface area contributed by atoms with Crippen LogP contribution >= 0.6 is 15.9 Å². The zero-order valence-corrected chi connectivity index (χ0v) is 11.3. The molecule has 6 nitrogen and oxygen atoms in total. The van der Waals surface area contributed by atoms with E-state index in [4.69, 9.17) is 0 Å². The molecule has 0 saturated carbocycles. The van der Waals surface area contributed by atoms with Gasteiger partial charge in [0.2, 0.25) is 10.0 Å². The lowest BCUT2D eigenvalue weighted by molar-refractivity contribution is -0.385. The van der Waals surface area contributed by atoms with Crippen molar-refractivity contribution < 1.29 is 17.7 Å². The first kappa shape index (κ1) is 14.7. The SMILES string of the molecule is C=CCNS(=O)(=O)c1cc([N+](=O)[O-])cc(Br)c1F. The molecule has 0 aliphatic carbocycles. The second-order valence-electron chi connectivity index (χ2n) is 3.14. The summed E-state index contributed by atoms with van der Waals surface area (Å²) in [6, 6.07) is 1.55. The number of sulfonamides is 1. The van der Waals surface area contributed by atoms with E-state index in [1.807, 2.05) is 4.72 Å². The Morgan fingerprint density at radius 1 is 1.56 bits per heavy atom. The summed E-state index contributed by atoms with van der Waals surface area (Å²) in [7, 11) is -4.16. The molecule has 98 valence electrons. The molecular formula is C9H8BrFN2O4S. The summed E-state index contributed by atoms with van der Waals surface area (Å²) < 4.78 is 38.8. The number of nitrogens with zero attached hydrogens (tertiary/aromatic N) is 1. The Bertz CT molecular complexity index is 603. The normalized spacial score (nSPS) is 11.2. The molecule has 1 N–H and O–H groups in total. The lowest BCUT2D eigenvalue weighted by atomic mass is 10.3. The van der Waals surface area contributed by atoms with E-state index in [1.54, 1.807) is 0 Å². The Labute approximate surface area is 111 Å². The summed E-state index contributed by atoms with van der Waals surface area (Å²) in [5, 5.41) is 10.6. The molecule has 0 aliphatic heterocycles. The van der Waals surface area contributed by atoms with Crippen molar-refractivity contribution >= 4 is 31.6 Å². The number of halogens is 2. The van der Waals surface area contributed by atoms with Crippen LogP contribution in [0.3, 0.4) is 0 Å². The second-order valence-corrected chi connectivity index (χ2v) is 5.73. The van der Waals surface area contributed by atoms with Crippen LogP contribution in [0, 0.1) is 15.9 Å². The van der Waals surface area contributed by atoms with Gasteiger partial charge in [-0.15, -0.1) is 6.58 Å². The van der Waals surface area contributed by atoms with Crippen molar-refractivity contribution in [3.05, 3.63) is 45.2 Å². The topological polar surface area (TPSA) is 89.3 Å². The van der Waals surface area contributed by atoms with Gasteiger partial charge in [0.1, 0.15) is 4.90 Å². The first-order valence-corrected chi connectivity index (χ1v) is 6.81. The van der Waals surface area contributed by atoms with Gasteiger partial charge in [0.15, 0.2) is 5.82 Å². The molecule has 0 aliphatic rings. The van der Waals surface area contributed by atoms with Gasteiger partial charge >= 0.3 is 0 Å². The van der Waals surface area contributed by atoms with E-state index in [1.165, 1.54) is 6.08 Å². The highest BCUT2D eigenvalue weighted by molar-refractivity contribution is 9.10. The molecule has 9 heteroatoms. The molecule has 1 rings (SSSR count). The first-order valence-electron chi connectivity index (χ1n) is 4.53.